The van der Waals surface area contributed by atoms with E-state index in [2.05, 4.69) is 12.0 Å². The van der Waals surface area contributed by atoms with Crippen LogP contribution in [0.15, 0.2) is 12.3 Å². The molecular formula is C15H27N3O. The molecule has 0 aliphatic heterocycles. The molecule has 2 rings (SSSR count). The van der Waals surface area contributed by atoms with Crippen LogP contribution in [0.4, 0.5) is 0 Å². The lowest BCUT2D eigenvalue weighted by Crippen LogP contribution is -2.40. The Morgan fingerprint density at radius 2 is 2.21 bits per heavy atom. The summed E-state index contributed by atoms with van der Waals surface area (Å²) in [5.74, 6) is 0.823. The van der Waals surface area contributed by atoms with Crippen LogP contribution in [0.25, 0.3) is 0 Å². The molecule has 0 aromatic carbocycles. The second kappa shape index (κ2) is 6.06. The van der Waals surface area contributed by atoms with Gasteiger partial charge in [-0.2, -0.15) is 5.10 Å². The highest BCUT2D eigenvalue weighted by atomic mass is 16.3. The largest absolute Gasteiger partial charge is 0.386 e. The molecule has 1 saturated carbocycles. The van der Waals surface area contributed by atoms with Gasteiger partial charge >= 0.3 is 0 Å². The molecule has 0 saturated heterocycles. The fourth-order valence-electron chi connectivity index (χ4n) is 3.50. The van der Waals surface area contributed by atoms with Crippen LogP contribution in [0.3, 0.4) is 0 Å². The molecule has 3 N–H and O–H groups in total. The summed E-state index contributed by atoms with van der Waals surface area (Å²) in [5, 5.41) is 14.9. The molecule has 0 bridgehead atoms. The van der Waals surface area contributed by atoms with E-state index in [1.165, 1.54) is 25.7 Å². The Morgan fingerprint density at radius 3 is 2.68 bits per heavy atom. The average molecular weight is 265 g/mol. The molecule has 1 aromatic rings. The van der Waals surface area contributed by atoms with Crippen LogP contribution in [-0.4, -0.2) is 21.4 Å². The number of nitrogens with two attached hydrogens (primary N) is 1. The molecule has 1 atom stereocenters. The molecule has 1 aliphatic carbocycles. The number of rotatable bonds is 5. The summed E-state index contributed by atoms with van der Waals surface area (Å²) in [5.41, 5.74) is 6.76. The van der Waals surface area contributed by atoms with Gasteiger partial charge in [0.2, 0.25) is 0 Å². The van der Waals surface area contributed by atoms with Crippen LogP contribution in [0, 0.1) is 11.3 Å². The van der Waals surface area contributed by atoms with Crippen LogP contribution < -0.4 is 5.73 Å². The SMILES string of the molecule is CCCC1CCC(CN)(C(O)c2ccnn2C)CC1. The van der Waals surface area contributed by atoms with Crippen molar-refractivity contribution >= 4 is 0 Å². The predicted octanol–water partition coefficient (Wildman–Crippen LogP) is 2.39. The van der Waals surface area contributed by atoms with E-state index in [9.17, 15) is 5.11 Å². The third-order valence-corrected chi connectivity index (χ3v) is 4.92. The standard InChI is InChI=1S/C15H27N3O/c1-3-4-12-5-8-15(11-16,9-6-12)14(19)13-7-10-17-18(13)2/h7,10,12,14,19H,3-6,8-9,11,16H2,1-2H3. The van der Waals surface area contributed by atoms with Gasteiger partial charge in [-0.1, -0.05) is 19.8 Å². The first-order valence-electron chi connectivity index (χ1n) is 7.49. The highest BCUT2D eigenvalue weighted by molar-refractivity contribution is 5.10. The Labute approximate surface area is 116 Å². The van der Waals surface area contributed by atoms with Gasteiger partial charge in [0, 0.05) is 25.2 Å². The molecule has 19 heavy (non-hydrogen) atoms. The molecule has 1 aliphatic rings. The van der Waals surface area contributed by atoms with Crippen molar-refractivity contribution in [3.63, 3.8) is 0 Å². The lowest BCUT2D eigenvalue weighted by atomic mass is 9.66. The minimum Gasteiger partial charge on any atom is -0.386 e. The lowest BCUT2D eigenvalue weighted by molar-refractivity contribution is -0.0155. The van der Waals surface area contributed by atoms with E-state index in [0.29, 0.717) is 6.54 Å². The highest BCUT2D eigenvalue weighted by Gasteiger charge is 2.41. The zero-order valence-electron chi connectivity index (χ0n) is 12.2. The third-order valence-electron chi connectivity index (χ3n) is 4.92. The van der Waals surface area contributed by atoms with Crippen molar-refractivity contribution in [1.82, 2.24) is 9.78 Å². The fourth-order valence-corrected chi connectivity index (χ4v) is 3.50. The smallest absolute Gasteiger partial charge is 0.102 e. The van der Waals surface area contributed by atoms with Gasteiger partial charge in [0.15, 0.2) is 0 Å². The summed E-state index contributed by atoms with van der Waals surface area (Å²) in [6.45, 7) is 2.80. The van der Waals surface area contributed by atoms with E-state index < -0.39 is 6.10 Å². The van der Waals surface area contributed by atoms with Crippen molar-refractivity contribution < 1.29 is 5.11 Å². The molecule has 4 nitrogen and oxygen atoms in total. The Morgan fingerprint density at radius 1 is 1.53 bits per heavy atom. The van der Waals surface area contributed by atoms with E-state index in [0.717, 1.165) is 24.5 Å². The summed E-state index contributed by atoms with van der Waals surface area (Å²) in [6, 6.07) is 1.90. The van der Waals surface area contributed by atoms with Crippen molar-refractivity contribution in [3.05, 3.63) is 18.0 Å². The van der Waals surface area contributed by atoms with E-state index >= 15 is 0 Å². The summed E-state index contributed by atoms with van der Waals surface area (Å²) < 4.78 is 1.76. The quantitative estimate of drug-likeness (QED) is 0.859. The molecule has 0 amide bonds. The summed E-state index contributed by atoms with van der Waals surface area (Å²) in [4.78, 5) is 0. The first-order chi connectivity index (χ1) is 9.13. The first kappa shape index (κ1) is 14.5. The molecular weight excluding hydrogens is 238 g/mol. The summed E-state index contributed by atoms with van der Waals surface area (Å²) in [6.07, 6.45) is 8.26. The van der Waals surface area contributed by atoms with Crippen molar-refractivity contribution in [2.75, 3.05) is 6.54 Å². The van der Waals surface area contributed by atoms with Gasteiger partial charge in [-0.3, -0.25) is 4.68 Å². The van der Waals surface area contributed by atoms with E-state index in [-0.39, 0.29) is 5.41 Å². The van der Waals surface area contributed by atoms with Crippen molar-refractivity contribution in [3.8, 4) is 0 Å². The van der Waals surface area contributed by atoms with Crippen molar-refractivity contribution in [1.29, 1.82) is 0 Å². The topological polar surface area (TPSA) is 64.1 Å². The normalized spacial score (nSPS) is 29.4. The van der Waals surface area contributed by atoms with Crippen LogP contribution in [0.5, 0.6) is 0 Å². The zero-order chi connectivity index (χ0) is 13.9. The Hall–Kier alpha value is -0.870. The third kappa shape index (κ3) is 2.84. The molecule has 1 fully saturated rings. The van der Waals surface area contributed by atoms with Crippen LogP contribution >= 0.6 is 0 Å². The van der Waals surface area contributed by atoms with Gasteiger partial charge in [0.25, 0.3) is 0 Å². The number of aliphatic hydroxyl groups excluding tert-OH is 1. The summed E-state index contributed by atoms with van der Waals surface area (Å²) in [7, 11) is 1.88. The Balaban J connectivity index is 2.10. The molecule has 0 radical (unpaired) electrons. The number of nitrogens with zero attached hydrogens (tertiary/aromatic N) is 2. The zero-order valence-corrected chi connectivity index (χ0v) is 12.2. The molecule has 4 heteroatoms. The molecule has 1 heterocycles. The van der Waals surface area contributed by atoms with Crippen LogP contribution in [0.1, 0.15) is 57.2 Å². The number of hydrogen-bond acceptors (Lipinski definition) is 3. The van der Waals surface area contributed by atoms with Gasteiger partial charge in [-0.05, 0) is 37.7 Å². The fraction of sp³-hybridized carbons (Fsp3) is 0.800. The van der Waals surface area contributed by atoms with Gasteiger partial charge < -0.3 is 10.8 Å². The summed E-state index contributed by atoms with van der Waals surface area (Å²) >= 11 is 0. The maximum absolute atomic E-state index is 10.7. The Kier molecular flexibility index (Phi) is 4.63. The first-order valence-corrected chi connectivity index (χ1v) is 7.49. The minimum atomic E-state index is -0.493. The monoisotopic (exact) mass is 265 g/mol. The van der Waals surface area contributed by atoms with Crippen molar-refractivity contribution in [2.45, 2.75) is 51.6 Å². The Bertz CT molecular complexity index is 394. The van der Waals surface area contributed by atoms with E-state index in [1.54, 1.807) is 10.9 Å². The number of aromatic nitrogens is 2. The van der Waals surface area contributed by atoms with E-state index in [1.807, 2.05) is 13.1 Å². The maximum Gasteiger partial charge on any atom is 0.102 e. The van der Waals surface area contributed by atoms with Gasteiger partial charge in [-0.15, -0.1) is 0 Å². The van der Waals surface area contributed by atoms with Gasteiger partial charge in [0.05, 0.1) is 5.69 Å². The maximum atomic E-state index is 10.7. The highest BCUT2D eigenvalue weighted by Crippen LogP contribution is 2.47. The number of aryl methyl sites for hydroxylation is 1. The molecule has 0 spiro atoms. The number of aliphatic hydroxyl groups is 1. The second-order valence-electron chi connectivity index (χ2n) is 6.08. The molecule has 1 unspecified atom stereocenters. The van der Waals surface area contributed by atoms with Crippen LogP contribution in [0.2, 0.25) is 0 Å². The average Bonchev–Trinajstić information content (AvgIpc) is 2.85. The second-order valence-corrected chi connectivity index (χ2v) is 6.08. The molecule has 1 aromatic heterocycles. The van der Waals surface area contributed by atoms with E-state index in [4.69, 9.17) is 5.73 Å². The van der Waals surface area contributed by atoms with Crippen molar-refractivity contribution in [2.24, 2.45) is 24.1 Å². The van der Waals surface area contributed by atoms with Gasteiger partial charge in [0.1, 0.15) is 6.10 Å². The minimum absolute atomic E-state index is 0.155. The van der Waals surface area contributed by atoms with Crippen LogP contribution in [-0.2, 0) is 7.05 Å². The predicted molar refractivity (Wildman–Crippen MR) is 76.5 cm³/mol. The van der Waals surface area contributed by atoms with Gasteiger partial charge in [-0.25, -0.2) is 0 Å². The number of hydrogen-bond donors (Lipinski definition) is 2. The lowest BCUT2D eigenvalue weighted by Gasteiger charge is -2.42. The molecule has 108 valence electrons.